The Kier molecular flexibility index (Phi) is 5.78. The molecule has 2 rings (SSSR count). The van der Waals surface area contributed by atoms with Crippen LogP contribution in [0.5, 0.6) is 0 Å². The van der Waals surface area contributed by atoms with Crippen LogP contribution in [-0.4, -0.2) is 72.1 Å². The summed E-state index contributed by atoms with van der Waals surface area (Å²) < 4.78 is 10.9. The Labute approximate surface area is 141 Å². The fraction of sp³-hybridized carbons (Fsp3) is 0.500. The van der Waals surface area contributed by atoms with Gasteiger partial charge in [-0.25, -0.2) is 0 Å². The number of hydrogen-bond donors (Lipinski definition) is 1. The molecule has 0 aliphatic carbocycles. The van der Waals surface area contributed by atoms with E-state index >= 15 is 0 Å². The minimum atomic E-state index is -0.972. The standard InChI is InChI=1S/C14H17BrN2O6/c1-16(14(21)10-2-3-11(15)23-10)8-12(18)17-4-5-22-9(7-17)6-13(19)20/h2-3,9H,4-8H2,1H3,(H,19,20). The van der Waals surface area contributed by atoms with E-state index in [-0.39, 0.29) is 37.8 Å². The molecule has 1 saturated heterocycles. The molecule has 23 heavy (non-hydrogen) atoms. The summed E-state index contributed by atoms with van der Waals surface area (Å²) in [5.74, 6) is -1.50. The van der Waals surface area contributed by atoms with Crippen molar-refractivity contribution in [2.24, 2.45) is 0 Å². The van der Waals surface area contributed by atoms with E-state index in [9.17, 15) is 14.4 Å². The van der Waals surface area contributed by atoms with Gasteiger partial charge >= 0.3 is 5.97 Å². The van der Waals surface area contributed by atoms with E-state index in [0.29, 0.717) is 11.2 Å². The maximum absolute atomic E-state index is 12.3. The molecular formula is C14H17BrN2O6. The van der Waals surface area contributed by atoms with Gasteiger partial charge in [0.1, 0.15) is 0 Å². The van der Waals surface area contributed by atoms with Crippen molar-refractivity contribution in [2.75, 3.05) is 33.3 Å². The number of likely N-dealkylation sites (N-methyl/N-ethyl adjacent to an activating group) is 1. The van der Waals surface area contributed by atoms with Gasteiger partial charge in [-0.3, -0.25) is 14.4 Å². The summed E-state index contributed by atoms with van der Waals surface area (Å²) in [6.45, 7) is 0.756. The van der Waals surface area contributed by atoms with Gasteiger partial charge in [0.2, 0.25) is 5.91 Å². The van der Waals surface area contributed by atoms with Crippen LogP contribution in [0, 0.1) is 0 Å². The number of carbonyl (C=O) groups is 3. The predicted molar refractivity (Wildman–Crippen MR) is 81.9 cm³/mol. The number of rotatable bonds is 5. The quantitative estimate of drug-likeness (QED) is 0.800. The van der Waals surface area contributed by atoms with E-state index in [0.717, 1.165) is 0 Å². The van der Waals surface area contributed by atoms with E-state index in [2.05, 4.69) is 15.9 Å². The number of amides is 2. The van der Waals surface area contributed by atoms with Gasteiger partial charge in [-0.15, -0.1) is 0 Å². The lowest BCUT2D eigenvalue weighted by atomic mass is 10.2. The molecule has 2 heterocycles. The second-order valence-corrected chi connectivity index (χ2v) is 5.98. The number of carbonyl (C=O) groups excluding carboxylic acids is 2. The lowest BCUT2D eigenvalue weighted by Gasteiger charge is -2.33. The first-order valence-corrected chi connectivity index (χ1v) is 7.78. The van der Waals surface area contributed by atoms with Gasteiger partial charge in [0.05, 0.1) is 25.7 Å². The Morgan fingerprint density at radius 3 is 2.78 bits per heavy atom. The topological polar surface area (TPSA) is 100 Å². The third-order valence-corrected chi connectivity index (χ3v) is 3.82. The SMILES string of the molecule is CN(CC(=O)N1CCOC(CC(=O)O)C1)C(=O)c1ccc(Br)o1. The zero-order chi connectivity index (χ0) is 17.0. The van der Waals surface area contributed by atoms with Crippen molar-refractivity contribution < 1.29 is 28.6 Å². The number of hydrogen-bond acceptors (Lipinski definition) is 5. The monoisotopic (exact) mass is 388 g/mol. The van der Waals surface area contributed by atoms with Crippen molar-refractivity contribution in [1.82, 2.24) is 9.80 Å². The Bertz CT molecular complexity index is 602. The summed E-state index contributed by atoms with van der Waals surface area (Å²) >= 11 is 3.11. The highest BCUT2D eigenvalue weighted by Crippen LogP contribution is 2.15. The van der Waals surface area contributed by atoms with Gasteiger partial charge in [-0.2, -0.15) is 0 Å². The molecule has 8 nitrogen and oxygen atoms in total. The second-order valence-electron chi connectivity index (χ2n) is 5.20. The molecule has 0 saturated carbocycles. The van der Waals surface area contributed by atoms with Crippen LogP contribution in [0.1, 0.15) is 17.0 Å². The van der Waals surface area contributed by atoms with Crippen LogP contribution in [0.2, 0.25) is 0 Å². The minimum absolute atomic E-state index is 0.114. The fourth-order valence-corrected chi connectivity index (χ4v) is 2.56. The van der Waals surface area contributed by atoms with Crippen LogP contribution < -0.4 is 0 Å². The summed E-state index contributed by atoms with van der Waals surface area (Å²) in [7, 11) is 1.51. The number of carboxylic acids is 1. The summed E-state index contributed by atoms with van der Waals surface area (Å²) in [5, 5.41) is 8.79. The van der Waals surface area contributed by atoms with Gasteiger partial charge in [0.15, 0.2) is 10.4 Å². The van der Waals surface area contributed by atoms with Gasteiger partial charge in [0.25, 0.3) is 5.91 Å². The first-order valence-electron chi connectivity index (χ1n) is 6.98. The van der Waals surface area contributed by atoms with E-state index in [1.54, 1.807) is 6.07 Å². The number of morpholine rings is 1. The first kappa shape index (κ1) is 17.5. The highest BCUT2D eigenvalue weighted by Gasteiger charge is 2.27. The highest BCUT2D eigenvalue weighted by atomic mass is 79.9. The molecule has 1 N–H and O–H groups in total. The van der Waals surface area contributed by atoms with Crippen LogP contribution >= 0.6 is 15.9 Å². The van der Waals surface area contributed by atoms with E-state index < -0.39 is 18.0 Å². The molecule has 2 amide bonds. The molecule has 1 aliphatic heterocycles. The number of halogens is 1. The molecule has 1 atom stereocenters. The van der Waals surface area contributed by atoms with Gasteiger partial charge in [-0.05, 0) is 28.1 Å². The molecule has 1 aromatic rings. The largest absolute Gasteiger partial charge is 0.481 e. The third-order valence-electron chi connectivity index (χ3n) is 3.40. The van der Waals surface area contributed by atoms with Crippen molar-refractivity contribution in [2.45, 2.75) is 12.5 Å². The molecule has 0 bridgehead atoms. The lowest BCUT2D eigenvalue weighted by Crippen LogP contribution is -2.49. The number of furan rings is 1. The molecule has 0 aromatic carbocycles. The average Bonchev–Trinajstić information content (AvgIpc) is 2.92. The molecule has 0 radical (unpaired) electrons. The molecule has 1 aromatic heterocycles. The molecular weight excluding hydrogens is 372 g/mol. The minimum Gasteiger partial charge on any atom is -0.481 e. The molecule has 1 unspecified atom stereocenters. The zero-order valence-electron chi connectivity index (χ0n) is 12.5. The van der Waals surface area contributed by atoms with Crippen LogP contribution in [0.15, 0.2) is 21.2 Å². The van der Waals surface area contributed by atoms with Crippen LogP contribution in [-0.2, 0) is 14.3 Å². The van der Waals surface area contributed by atoms with Gasteiger partial charge < -0.3 is 24.1 Å². The summed E-state index contributed by atoms with van der Waals surface area (Å²) in [6, 6.07) is 3.12. The van der Waals surface area contributed by atoms with Gasteiger partial charge in [0, 0.05) is 20.1 Å². The van der Waals surface area contributed by atoms with Crippen molar-refractivity contribution >= 4 is 33.7 Å². The van der Waals surface area contributed by atoms with Crippen molar-refractivity contribution in [3.05, 3.63) is 22.6 Å². The normalized spacial score (nSPS) is 17.8. The van der Waals surface area contributed by atoms with Crippen LogP contribution in [0.3, 0.4) is 0 Å². The van der Waals surface area contributed by atoms with Crippen LogP contribution in [0.4, 0.5) is 0 Å². The summed E-state index contributed by atoms with van der Waals surface area (Å²) in [5.41, 5.74) is 0. The molecule has 0 spiro atoms. The first-order chi connectivity index (χ1) is 10.9. The van der Waals surface area contributed by atoms with E-state index in [1.165, 1.54) is 22.9 Å². The number of ether oxygens (including phenoxy) is 1. The molecule has 1 aliphatic rings. The molecule has 9 heteroatoms. The fourth-order valence-electron chi connectivity index (χ4n) is 2.26. The maximum Gasteiger partial charge on any atom is 0.306 e. The number of carboxylic acid groups (broad SMARTS) is 1. The van der Waals surface area contributed by atoms with Crippen molar-refractivity contribution in [3.8, 4) is 0 Å². The molecule has 126 valence electrons. The van der Waals surface area contributed by atoms with E-state index in [4.69, 9.17) is 14.3 Å². The smallest absolute Gasteiger partial charge is 0.306 e. The summed E-state index contributed by atoms with van der Waals surface area (Å²) in [6.07, 6.45) is -0.675. The van der Waals surface area contributed by atoms with Crippen LogP contribution in [0.25, 0.3) is 0 Å². The highest BCUT2D eigenvalue weighted by molar-refractivity contribution is 9.10. The Balaban J connectivity index is 1.90. The van der Waals surface area contributed by atoms with Crippen molar-refractivity contribution in [3.63, 3.8) is 0 Å². The van der Waals surface area contributed by atoms with Crippen molar-refractivity contribution in [1.29, 1.82) is 0 Å². The Hall–Kier alpha value is -1.87. The van der Waals surface area contributed by atoms with E-state index in [1.807, 2.05) is 0 Å². The summed E-state index contributed by atoms with van der Waals surface area (Å²) in [4.78, 5) is 37.9. The predicted octanol–water partition coefficient (Wildman–Crippen LogP) is 0.816. The molecule has 1 fully saturated rings. The third kappa shape index (κ3) is 4.80. The van der Waals surface area contributed by atoms with Gasteiger partial charge in [-0.1, -0.05) is 0 Å². The lowest BCUT2D eigenvalue weighted by molar-refractivity contribution is -0.147. The Morgan fingerprint density at radius 1 is 1.43 bits per heavy atom. The Morgan fingerprint density at radius 2 is 2.17 bits per heavy atom. The number of aliphatic carboxylic acids is 1. The second kappa shape index (κ2) is 7.60. The maximum atomic E-state index is 12.3. The average molecular weight is 389 g/mol. The zero-order valence-corrected chi connectivity index (χ0v) is 14.1. The number of nitrogens with zero attached hydrogens (tertiary/aromatic N) is 2.